The second kappa shape index (κ2) is 4.93. The van der Waals surface area contributed by atoms with Gasteiger partial charge in [-0.25, -0.2) is 0 Å². The van der Waals surface area contributed by atoms with Crippen molar-refractivity contribution in [3.63, 3.8) is 0 Å². The van der Waals surface area contributed by atoms with E-state index >= 15 is 0 Å². The average molecular weight is 284 g/mol. The van der Waals surface area contributed by atoms with Crippen LogP contribution in [0.2, 0.25) is 0 Å². The van der Waals surface area contributed by atoms with E-state index in [1.165, 1.54) is 0 Å². The number of hydrogen-bond donors (Lipinski definition) is 0. The molecule has 0 aliphatic rings. The number of halogens is 7. The standard InChI is InChI=1S/C9H11F7O2/c1-4(6(17)18-3)5(2)7(10,11)8(12,13)9(14,15)16/h4-5H,1-3H3. The third kappa shape index (κ3) is 2.69. The molecular formula is C9H11F7O2. The first kappa shape index (κ1) is 17.0. The maximum atomic E-state index is 13.2. The number of carbonyl (C=O) groups is 1. The summed E-state index contributed by atoms with van der Waals surface area (Å²) in [5.41, 5.74) is 0. The van der Waals surface area contributed by atoms with Crippen molar-refractivity contribution < 1.29 is 40.3 Å². The van der Waals surface area contributed by atoms with Crippen LogP contribution in [0.25, 0.3) is 0 Å². The van der Waals surface area contributed by atoms with Crippen LogP contribution in [0.5, 0.6) is 0 Å². The Morgan fingerprint density at radius 2 is 1.39 bits per heavy atom. The minimum Gasteiger partial charge on any atom is -0.469 e. The van der Waals surface area contributed by atoms with Gasteiger partial charge in [-0.1, -0.05) is 13.8 Å². The zero-order valence-electron chi connectivity index (χ0n) is 9.62. The normalized spacial score (nSPS) is 17.2. The molecule has 18 heavy (non-hydrogen) atoms. The van der Waals surface area contributed by atoms with E-state index in [0.29, 0.717) is 6.92 Å². The number of methoxy groups -OCH3 is 1. The van der Waals surface area contributed by atoms with E-state index in [0.717, 1.165) is 14.0 Å². The van der Waals surface area contributed by atoms with Crippen molar-refractivity contribution >= 4 is 5.97 Å². The van der Waals surface area contributed by atoms with Crippen molar-refractivity contribution in [1.82, 2.24) is 0 Å². The lowest BCUT2D eigenvalue weighted by Crippen LogP contribution is -2.56. The molecule has 0 N–H and O–H groups in total. The van der Waals surface area contributed by atoms with E-state index in [-0.39, 0.29) is 0 Å². The van der Waals surface area contributed by atoms with E-state index in [1.807, 2.05) is 0 Å². The third-order valence-corrected chi connectivity index (χ3v) is 2.67. The van der Waals surface area contributed by atoms with E-state index in [9.17, 15) is 35.5 Å². The van der Waals surface area contributed by atoms with Crippen molar-refractivity contribution in [3.05, 3.63) is 0 Å². The molecule has 0 aliphatic heterocycles. The molecular weight excluding hydrogens is 273 g/mol. The lowest BCUT2D eigenvalue weighted by Gasteiger charge is -2.34. The maximum Gasteiger partial charge on any atom is 0.459 e. The van der Waals surface area contributed by atoms with Gasteiger partial charge in [0.25, 0.3) is 0 Å². The highest BCUT2D eigenvalue weighted by molar-refractivity contribution is 5.72. The van der Waals surface area contributed by atoms with Gasteiger partial charge in [0, 0.05) is 5.92 Å². The Labute approximate surface area is 98.1 Å². The van der Waals surface area contributed by atoms with Gasteiger partial charge in [0.1, 0.15) is 0 Å². The number of alkyl halides is 7. The van der Waals surface area contributed by atoms with E-state index < -0.39 is 35.8 Å². The van der Waals surface area contributed by atoms with Crippen molar-refractivity contribution in [2.75, 3.05) is 7.11 Å². The van der Waals surface area contributed by atoms with Gasteiger partial charge >= 0.3 is 24.0 Å². The van der Waals surface area contributed by atoms with Crippen molar-refractivity contribution in [3.8, 4) is 0 Å². The number of hydrogen-bond acceptors (Lipinski definition) is 2. The molecule has 0 saturated heterocycles. The lowest BCUT2D eigenvalue weighted by molar-refractivity contribution is -0.367. The minimum atomic E-state index is -6.40. The summed E-state index contributed by atoms with van der Waals surface area (Å²) in [7, 11) is 0.811. The molecule has 2 nitrogen and oxygen atoms in total. The van der Waals surface area contributed by atoms with Gasteiger partial charge in [-0.3, -0.25) is 4.79 Å². The van der Waals surface area contributed by atoms with Crippen molar-refractivity contribution in [1.29, 1.82) is 0 Å². The summed E-state index contributed by atoms with van der Waals surface area (Å²) in [6, 6.07) is 0. The smallest absolute Gasteiger partial charge is 0.459 e. The summed E-state index contributed by atoms with van der Waals surface area (Å²) in [6.07, 6.45) is -6.40. The van der Waals surface area contributed by atoms with Crippen molar-refractivity contribution in [2.45, 2.75) is 31.9 Å². The molecule has 0 aromatic rings. The number of rotatable bonds is 4. The summed E-state index contributed by atoms with van der Waals surface area (Å²) in [6.45, 7) is 1.22. The fraction of sp³-hybridized carbons (Fsp3) is 0.889. The Kier molecular flexibility index (Phi) is 4.65. The molecule has 0 fully saturated rings. The van der Waals surface area contributed by atoms with Crippen LogP contribution in [-0.4, -0.2) is 31.1 Å². The zero-order chi connectivity index (χ0) is 14.9. The molecule has 9 heteroatoms. The molecule has 0 heterocycles. The minimum absolute atomic E-state index is 0.432. The van der Waals surface area contributed by atoms with Gasteiger partial charge in [0.05, 0.1) is 13.0 Å². The van der Waals surface area contributed by atoms with E-state index in [2.05, 4.69) is 4.74 Å². The first-order valence-corrected chi connectivity index (χ1v) is 4.70. The van der Waals surface area contributed by atoms with Gasteiger partial charge in [-0.05, 0) is 0 Å². The first-order valence-electron chi connectivity index (χ1n) is 4.70. The van der Waals surface area contributed by atoms with E-state index in [1.54, 1.807) is 0 Å². The van der Waals surface area contributed by atoms with Crippen LogP contribution in [0.3, 0.4) is 0 Å². The maximum absolute atomic E-state index is 13.2. The molecule has 0 radical (unpaired) electrons. The first-order chi connectivity index (χ1) is 7.80. The van der Waals surface area contributed by atoms with Gasteiger partial charge in [0.2, 0.25) is 0 Å². The Hall–Kier alpha value is -1.02. The van der Waals surface area contributed by atoms with Crippen LogP contribution in [0.15, 0.2) is 0 Å². The van der Waals surface area contributed by atoms with Crippen LogP contribution in [0.4, 0.5) is 30.7 Å². The van der Waals surface area contributed by atoms with Crippen molar-refractivity contribution in [2.24, 2.45) is 11.8 Å². The third-order valence-electron chi connectivity index (χ3n) is 2.67. The summed E-state index contributed by atoms with van der Waals surface area (Å²) in [5.74, 6) is -17.3. The Morgan fingerprint density at radius 1 is 1.00 bits per heavy atom. The highest BCUT2D eigenvalue weighted by atomic mass is 19.4. The predicted octanol–water partition coefficient (Wildman–Crippen LogP) is 3.26. The van der Waals surface area contributed by atoms with Crippen LogP contribution in [-0.2, 0) is 9.53 Å². The monoisotopic (exact) mass is 284 g/mol. The molecule has 2 atom stereocenters. The number of esters is 1. The SMILES string of the molecule is COC(=O)C(C)C(C)C(F)(F)C(F)(F)C(F)(F)F. The average Bonchev–Trinajstić information content (AvgIpc) is 2.23. The lowest BCUT2D eigenvalue weighted by atomic mass is 9.86. The molecule has 0 bridgehead atoms. The molecule has 0 amide bonds. The summed E-state index contributed by atoms with van der Waals surface area (Å²) in [5, 5.41) is 0. The highest BCUT2D eigenvalue weighted by Gasteiger charge is 2.75. The van der Waals surface area contributed by atoms with Gasteiger partial charge in [-0.15, -0.1) is 0 Å². The Bertz CT molecular complexity index is 311. The van der Waals surface area contributed by atoms with Crippen LogP contribution in [0.1, 0.15) is 13.8 Å². The van der Waals surface area contributed by atoms with Crippen LogP contribution in [0, 0.1) is 11.8 Å². The molecule has 0 aliphatic carbocycles. The molecule has 2 unspecified atom stereocenters. The van der Waals surface area contributed by atoms with Gasteiger partial charge < -0.3 is 4.74 Å². The molecule has 0 aromatic heterocycles. The quantitative estimate of drug-likeness (QED) is 0.585. The predicted molar refractivity (Wildman–Crippen MR) is 46.3 cm³/mol. The van der Waals surface area contributed by atoms with Crippen LogP contribution >= 0.6 is 0 Å². The van der Waals surface area contributed by atoms with E-state index in [4.69, 9.17) is 0 Å². The summed E-state index contributed by atoms with van der Waals surface area (Å²) in [4.78, 5) is 10.9. The molecule has 0 rings (SSSR count). The second-order valence-electron chi connectivity index (χ2n) is 3.80. The second-order valence-corrected chi connectivity index (χ2v) is 3.80. The topological polar surface area (TPSA) is 26.3 Å². The fourth-order valence-electron chi connectivity index (χ4n) is 1.18. The summed E-state index contributed by atoms with van der Waals surface area (Å²) < 4.78 is 91.3. The highest BCUT2D eigenvalue weighted by Crippen LogP contribution is 2.51. The fourth-order valence-corrected chi connectivity index (χ4v) is 1.18. The molecule has 108 valence electrons. The molecule has 0 aromatic carbocycles. The summed E-state index contributed by atoms with van der Waals surface area (Å²) >= 11 is 0. The molecule has 0 saturated carbocycles. The molecule has 0 spiro atoms. The van der Waals surface area contributed by atoms with Gasteiger partial charge in [-0.2, -0.15) is 30.7 Å². The Balaban J connectivity index is 5.33. The van der Waals surface area contributed by atoms with Crippen LogP contribution < -0.4 is 0 Å². The number of ether oxygens (including phenoxy) is 1. The van der Waals surface area contributed by atoms with Gasteiger partial charge in [0.15, 0.2) is 0 Å². The largest absolute Gasteiger partial charge is 0.469 e. The zero-order valence-corrected chi connectivity index (χ0v) is 9.62. The Morgan fingerprint density at radius 3 is 1.67 bits per heavy atom. The number of carbonyl (C=O) groups excluding carboxylic acids is 1.